The summed E-state index contributed by atoms with van der Waals surface area (Å²) in [5.74, 6) is 1.24. The standard InChI is InChI=1S/C14H12N2O2/c1-9(17)16-11-4-2-3-5-13(11)18-14-7-6-10(15)8-12(14)16/h2-8H,15H2,1H3. The van der Waals surface area contributed by atoms with E-state index >= 15 is 0 Å². The number of benzene rings is 2. The number of para-hydroxylation sites is 2. The normalized spacial score (nSPS) is 12.4. The summed E-state index contributed by atoms with van der Waals surface area (Å²) in [5.41, 5.74) is 7.79. The lowest BCUT2D eigenvalue weighted by molar-refractivity contribution is -0.115. The van der Waals surface area contributed by atoms with Crippen LogP contribution in [0.1, 0.15) is 6.92 Å². The van der Waals surface area contributed by atoms with E-state index in [0.717, 1.165) is 5.69 Å². The maximum Gasteiger partial charge on any atom is 0.228 e. The minimum absolute atomic E-state index is 0.0717. The Kier molecular flexibility index (Phi) is 2.23. The van der Waals surface area contributed by atoms with Crippen molar-refractivity contribution in [3.8, 4) is 11.5 Å². The molecule has 1 aliphatic heterocycles. The Labute approximate surface area is 105 Å². The fraction of sp³-hybridized carbons (Fsp3) is 0.0714. The zero-order valence-electron chi connectivity index (χ0n) is 9.88. The number of carbonyl (C=O) groups excluding carboxylic acids is 1. The van der Waals surface area contributed by atoms with Crippen molar-refractivity contribution in [3.63, 3.8) is 0 Å². The molecule has 4 nitrogen and oxygen atoms in total. The highest BCUT2D eigenvalue weighted by Crippen LogP contribution is 2.46. The molecule has 1 aliphatic rings. The van der Waals surface area contributed by atoms with Gasteiger partial charge >= 0.3 is 0 Å². The van der Waals surface area contributed by atoms with Gasteiger partial charge in [0, 0.05) is 12.6 Å². The molecule has 4 heteroatoms. The number of carbonyl (C=O) groups is 1. The van der Waals surface area contributed by atoms with E-state index in [2.05, 4.69) is 0 Å². The average Bonchev–Trinajstić information content (AvgIpc) is 2.35. The molecule has 0 aliphatic carbocycles. The Hall–Kier alpha value is -2.49. The van der Waals surface area contributed by atoms with Crippen molar-refractivity contribution >= 4 is 23.0 Å². The number of rotatable bonds is 0. The maximum absolute atomic E-state index is 11.9. The van der Waals surface area contributed by atoms with Gasteiger partial charge in [0.1, 0.15) is 0 Å². The van der Waals surface area contributed by atoms with Gasteiger partial charge in [0.25, 0.3) is 0 Å². The monoisotopic (exact) mass is 240 g/mol. The van der Waals surface area contributed by atoms with Crippen molar-refractivity contribution < 1.29 is 9.53 Å². The van der Waals surface area contributed by atoms with Crippen LogP contribution in [0.25, 0.3) is 0 Å². The second-order valence-electron chi connectivity index (χ2n) is 4.15. The summed E-state index contributed by atoms with van der Waals surface area (Å²) in [6, 6.07) is 12.7. The zero-order valence-corrected chi connectivity index (χ0v) is 9.88. The van der Waals surface area contributed by atoms with Gasteiger partial charge in [0.05, 0.1) is 11.4 Å². The summed E-state index contributed by atoms with van der Waals surface area (Å²) in [6.07, 6.45) is 0. The van der Waals surface area contributed by atoms with Gasteiger partial charge in [0.15, 0.2) is 11.5 Å². The molecule has 2 N–H and O–H groups in total. The fourth-order valence-corrected chi connectivity index (χ4v) is 2.11. The number of hydrogen-bond acceptors (Lipinski definition) is 3. The first kappa shape index (κ1) is 10.7. The molecule has 18 heavy (non-hydrogen) atoms. The number of nitrogens with two attached hydrogens (primary N) is 1. The summed E-state index contributed by atoms with van der Waals surface area (Å²) in [6.45, 7) is 1.52. The number of hydrogen-bond donors (Lipinski definition) is 1. The van der Waals surface area contributed by atoms with Crippen molar-refractivity contribution in [3.05, 3.63) is 42.5 Å². The molecule has 1 amide bonds. The Morgan fingerprint density at radius 2 is 1.83 bits per heavy atom. The van der Waals surface area contributed by atoms with Crippen LogP contribution in [-0.2, 0) is 4.79 Å². The van der Waals surface area contributed by atoms with Crippen molar-refractivity contribution in [2.75, 3.05) is 10.6 Å². The maximum atomic E-state index is 11.9. The Morgan fingerprint density at radius 3 is 2.61 bits per heavy atom. The molecule has 0 atom stereocenters. The lowest BCUT2D eigenvalue weighted by Crippen LogP contribution is -2.26. The molecule has 0 radical (unpaired) electrons. The first-order valence-electron chi connectivity index (χ1n) is 5.64. The molecule has 0 aromatic heterocycles. The number of anilines is 3. The van der Waals surface area contributed by atoms with Crippen LogP contribution in [-0.4, -0.2) is 5.91 Å². The van der Waals surface area contributed by atoms with Crippen LogP contribution < -0.4 is 15.4 Å². The van der Waals surface area contributed by atoms with Gasteiger partial charge in [-0.2, -0.15) is 0 Å². The summed E-state index contributed by atoms with van der Waals surface area (Å²) < 4.78 is 5.76. The molecule has 2 aromatic rings. The lowest BCUT2D eigenvalue weighted by Gasteiger charge is -2.30. The summed E-state index contributed by atoms with van der Waals surface area (Å²) in [5, 5.41) is 0. The number of nitrogens with zero attached hydrogens (tertiary/aromatic N) is 1. The number of ether oxygens (including phenoxy) is 1. The molecular formula is C14H12N2O2. The highest BCUT2D eigenvalue weighted by molar-refractivity contribution is 6.03. The molecule has 3 rings (SSSR count). The largest absolute Gasteiger partial charge is 0.453 e. The minimum Gasteiger partial charge on any atom is -0.453 e. The van der Waals surface area contributed by atoms with Crippen LogP contribution >= 0.6 is 0 Å². The molecule has 0 saturated heterocycles. The van der Waals surface area contributed by atoms with Crippen molar-refractivity contribution in [1.29, 1.82) is 0 Å². The van der Waals surface area contributed by atoms with E-state index < -0.39 is 0 Å². The van der Waals surface area contributed by atoms with Crippen LogP contribution in [0.4, 0.5) is 17.1 Å². The third-order valence-corrected chi connectivity index (χ3v) is 2.86. The van der Waals surface area contributed by atoms with Crippen LogP contribution in [0.3, 0.4) is 0 Å². The highest BCUT2D eigenvalue weighted by atomic mass is 16.5. The Bertz CT molecular complexity index is 637. The number of amides is 1. The van der Waals surface area contributed by atoms with E-state index in [1.807, 2.05) is 24.3 Å². The highest BCUT2D eigenvalue weighted by Gasteiger charge is 2.26. The van der Waals surface area contributed by atoms with E-state index in [4.69, 9.17) is 10.5 Å². The van der Waals surface area contributed by atoms with E-state index in [0.29, 0.717) is 22.9 Å². The number of nitrogen functional groups attached to an aromatic ring is 1. The third kappa shape index (κ3) is 1.50. The SMILES string of the molecule is CC(=O)N1c2ccccc2Oc2ccc(N)cc21. The average molecular weight is 240 g/mol. The van der Waals surface area contributed by atoms with Gasteiger partial charge in [-0.25, -0.2) is 0 Å². The van der Waals surface area contributed by atoms with Gasteiger partial charge in [-0.3, -0.25) is 9.69 Å². The molecule has 0 bridgehead atoms. The predicted molar refractivity (Wildman–Crippen MR) is 70.2 cm³/mol. The lowest BCUT2D eigenvalue weighted by atomic mass is 10.1. The predicted octanol–water partition coefficient (Wildman–Crippen LogP) is 3.06. The first-order chi connectivity index (χ1) is 8.66. The molecule has 0 saturated carbocycles. The first-order valence-corrected chi connectivity index (χ1v) is 5.64. The molecule has 2 aromatic carbocycles. The van der Waals surface area contributed by atoms with Crippen molar-refractivity contribution in [2.45, 2.75) is 6.92 Å². The van der Waals surface area contributed by atoms with Crippen LogP contribution in [0.5, 0.6) is 11.5 Å². The van der Waals surface area contributed by atoms with E-state index in [9.17, 15) is 4.79 Å². The van der Waals surface area contributed by atoms with E-state index in [1.165, 1.54) is 6.92 Å². The molecule has 1 heterocycles. The smallest absolute Gasteiger partial charge is 0.228 e. The summed E-state index contributed by atoms with van der Waals surface area (Å²) >= 11 is 0. The van der Waals surface area contributed by atoms with Crippen LogP contribution in [0.2, 0.25) is 0 Å². The van der Waals surface area contributed by atoms with Gasteiger partial charge in [-0.1, -0.05) is 12.1 Å². The quantitative estimate of drug-likeness (QED) is 0.720. The Morgan fingerprint density at radius 1 is 1.11 bits per heavy atom. The van der Waals surface area contributed by atoms with Crippen molar-refractivity contribution in [2.24, 2.45) is 0 Å². The fourth-order valence-electron chi connectivity index (χ4n) is 2.11. The summed E-state index contributed by atoms with van der Waals surface area (Å²) in [4.78, 5) is 13.5. The topological polar surface area (TPSA) is 55.6 Å². The summed E-state index contributed by atoms with van der Waals surface area (Å²) in [7, 11) is 0. The van der Waals surface area contributed by atoms with Crippen LogP contribution in [0, 0.1) is 0 Å². The van der Waals surface area contributed by atoms with Gasteiger partial charge in [-0.05, 0) is 30.3 Å². The Balaban J connectivity index is 2.24. The van der Waals surface area contributed by atoms with Gasteiger partial charge < -0.3 is 10.5 Å². The molecular weight excluding hydrogens is 228 g/mol. The molecule has 90 valence electrons. The molecule has 0 unspecified atom stereocenters. The zero-order chi connectivity index (χ0) is 12.7. The molecule has 0 fully saturated rings. The third-order valence-electron chi connectivity index (χ3n) is 2.86. The second-order valence-corrected chi connectivity index (χ2v) is 4.15. The van der Waals surface area contributed by atoms with Gasteiger partial charge in [0.2, 0.25) is 5.91 Å². The molecule has 0 spiro atoms. The second kappa shape index (κ2) is 3.77. The van der Waals surface area contributed by atoms with Gasteiger partial charge in [-0.15, -0.1) is 0 Å². The minimum atomic E-state index is -0.0717. The van der Waals surface area contributed by atoms with E-state index in [1.54, 1.807) is 23.1 Å². The van der Waals surface area contributed by atoms with E-state index in [-0.39, 0.29) is 5.91 Å². The van der Waals surface area contributed by atoms with Crippen molar-refractivity contribution in [1.82, 2.24) is 0 Å². The number of fused-ring (bicyclic) bond motifs is 2. The van der Waals surface area contributed by atoms with Crippen LogP contribution in [0.15, 0.2) is 42.5 Å².